The van der Waals surface area contributed by atoms with Gasteiger partial charge in [0, 0.05) is 0 Å². The van der Waals surface area contributed by atoms with Gasteiger partial charge in [0.05, 0.1) is 23.7 Å². The zero-order valence-corrected chi connectivity index (χ0v) is 11.7. The highest BCUT2D eigenvalue weighted by Gasteiger charge is 2.21. The molecule has 0 aliphatic carbocycles. The number of hydrogen-bond acceptors (Lipinski definition) is 3. The molecule has 102 valence electrons. The lowest BCUT2D eigenvalue weighted by molar-refractivity contribution is -0.124. The van der Waals surface area contributed by atoms with Gasteiger partial charge in [-0.2, -0.15) is 5.26 Å². The van der Waals surface area contributed by atoms with E-state index >= 15 is 0 Å². The number of nitrogens with zero attached hydrogens (tertiary/aromatic N) is 1. The van der Waals surface area contributed by atoms with Gasteiger partial charge in [-0.25, -0.2) is 0 Å². The smallest absolute Gasteiger partial charge is 0.237 e. The number of hydrogen-bond donors (Lipinski definition) is 2. The average molecular weight is 259 g/mol. The zero-order valence-electron chi connectivity index (χ0n) is 11.7. The summed E-state index contributed by atoms with van der Waals surface area (Å²) in [5, 5.41) is 11.6. The van der Waals surface area contributed by atoms with E-state index < -0.39 is 6.04 Å². The fourth-order valence-corrected chi connectivity index (χ4v) is 1.75. The summed E-state index contributed by atoms with van der Waals surface area (Å²) in [4.78, 5) is 12.0. The normalized spacial score (nSPS) is 15.1. The number of nitrogens with one attached hydrogen (secondary N) is 1. The maximum Gasteiger partial charge on any atom is 0.237 e. The molecular weight excluding hydrogens is 238 g/mol. The van der Waals surface area contributed by atoms with Crippen LogP contribution in [0.3, 0.4) is 0 Å². The van der Waals surface area contributed by atoms with Gasteiger partial charge in [0.25, 0.3) is 0 Å². The van der Waals surface area contributed by atoms with Crippen LogP contribution >= 0.6 is 0 Å². The Labute approximate surface area is 114 Å². The molecule has 0 heterocycles. The summed E-state index contributed by atoms with van der Waals surface area (Å²) in [6.07, 6.45) is 0.875. The fourth-order valence-electron chi connectivity index (χ4n) is 1.75. The maximum absolute atomic E-state index is 12.0. The Morgan fingerprint density at radius 1 is 1.37 bits per heavy atom. The highest BCUT2D eigenvalue weighted by molar-refractivity contribution is 5.82. The maximum atomic E-state index is 12.0. The fraction of sp³-hybridized carbons (Fsp3) is 0.467. The molecule has 0 bridgehead atoms. The summed E-state index contributed by atoms with van der Waals surface area (Å²) >= 11 is 0. The Morgan fingerprint density at radius 2 is 1.95 bits per heavy atom. The first kappa shape index (κ1) is 15.2. The van der Waals surface area contributed by atoms with Crippen molar-refractivity contribution >= 4 is 5.91 Å². The van der Waals surface area contributed by atoms with Crippen LogP contribution in [-0.4, -0.2) is 11.9 Å². The molecule has 0 aromatic heterocycles. The third-order valence-electron chi connectivity index (χ3n) is 3.46. The van der Waals surface area contributed by atoms with Crippen molar-refractivity contribution in [1.82, 2.24) is 5.32 Å². The zero-order chi connectivity index (χ0) is 14.4. The standard InChI is InChI=1S/C15H21N3O/c1-4-10(2)14(17)15(19)18-11(3)13-7-5-12(9-16)6-8-13/h5-8,10-11,14H,4,17H2,1-3H3,(H,18,19)/t10?,11?,14-/m0/s1. The van der Waals surface area contributed by atoms with Gasteiger partial charge >= 0.3 is 0 Å². The second kappa shape index (κ2) is 6.91. The van der Waals surface area contributed by atoms with E-state index in [2.05, 4.69) is 11.4 Å². The molecule has 1 aromatic rings. The van der Waals surface area contributed by atoms with Gasteiger partial charge < -0.3 is 11.1 Å². The van der Waals surface area contributed by atoms with Crippen molar-refractivity contribution < 1.29 is 4.79 Å². The summed E-state index contributed by atoms with van der Waals surface area (Å²) in [6.45, 7) is 5.89. The molecule has 3 atom stereocenters. The largest absolute Gasteiger partial charge is 0.348 e. The van der Waals surface area contributed by atoms with Crippen LogP contribution in [0, 0.1) is 17.2 Å². The van der Waals surface area contributed by atoms with Crippen LogP contribution in [0.5, 0.6) is 0 Å². The van der Waals surface area contributed by atoms with Crippen molar-refractivity contribution in [2.24, 2.45) is 11.7 Å². The summed E-state index contributed by atoms with van der Waals surface area (Å²) in [5.41, 5.74) is 7.46. The Morgan fingerprint density at radius 3 is 2.42 bits per heavy atom. The number of carbonyl (C=O) groups excluding carboxylic acids is 1. The predicted molar refractivity (Wildman–Crippen MR) is 75.1 cm³/mol. The van der Waals surface area contributed by atoms with Crippen LogP contribution in [-0.2, 0) is 4.79 Å². The molecule has 0 saturated heterocycles. The highest BCUT2D eigenvalue weighted by Crippen LogP contribution is 2.14. The van der Waals surface area contributed by atoms with Crippen molar-refractivity contribution in [3.63, 3.8) is 0 Å². The minimum absolute atomic E-state index is 0.115. The number of nitriles is 1. The molecule has 4 nitrogen and oxygen atoms in total. The summed E-state index contributed by atoms with van der Waals surface area (Å²) in [7, 11) is 0. The van der Waals surface area contributed by atoms with E-state index in [1.54, 1.807) is 12.1 Å². The van der Waals surface area contributed by atoms with Crippen LogP contribution in [0.15, 0.2) is 24.3 Å². The lowest BCUT2D eigenvalue weighted by atomic mass is 9.98. The van der Waals surface area contributed by atoms with Gasteiger partial charge in [-0.05, 0) is 30.5 Å². The number of carbonyl (C=O) groups is 1. The van der Waals surface area contributed by atoms with Crippen molar-refractivity contribution in [3.05, 3.63) is 35.4 Å². The molecule has 1 rings (SSSR count). The average Bonchev–Trinajstić information content (AvgIpc) is 2.45. The summed E-state index contributed by atoms with van der Waals surface area (Å²) < 4.78 is 0. The second-order valence-electron chi connectivity index (χ2n) is 4.88. The monoisotopic (exact) mass is 259 g/mol. The van der Waals surface area contributed by atoms with Crippen molar-refractivity contribution in [1.29, 1.82) is 5.26 Å². The second-order valence-corrected chi connectivity index (χ2v) is 4.88. The number of amides is 1. The van der Waals surface area contributed by atoms with Gasteiger partial charge in [0.2, 0.25) is 5.91 Å². The molecule has 1 amide bonds. The molecule has 0 radical (unpaired) electrons. The lowest BCUT2D eigenvalue weighted by Gasteiger charge is -2.21. The van der Waals surface area contributed by atoms with Crippen molar-refractivity contribution in [2.75, 3.05) is 0 Å². The first-order valence-corrected chi connectivity index (χ1v) is 6.55. The van der Waals surface area contributed by atoms with E-state index in [-0.39, 0.29) is 17.9 Å². The number of nitrogens with two attached hydrogens (primary N) is 1. The first-order valence-electron chi connectivity index (χ1n) is 6.55. The molecule has 1 aromatic carbocycles. The number of rotatable bonds is 5. The SMILES string of the molecule is CCC(C)[C@H](N)C(=O)NC(C)c1ccc(C#N)cc1. The predicted octanol–water partition coefficient (Wildman–Crippen LogP) is 2.11. The molecule has 0 spiro atoms. The third-order valence-corrected chi connectivity index (χ3v) is 3.46. The van der Waals surface area contributed by atoms with Gasteiger partial charge in [0.15, 0.2) is 0 Å². The van der Waals surface area contributed by atoms with E-state index in [1.165, 1.54) is 0 Å². The van der Waals surface area contributed by atoms with Gasteiger partial charge in [0.1, 0.15) is 0 Å². The van der Waals surface area contributed by atoms with Crippen LogP contribution in [0.4, 0.5) is 0 Å². The Balaban J connectivity index is 2.66. The quantitative estimate of drug-likeness (QED) is 0.850. The van der Waals surface area contributed by atoms with Gasteiger partial charge in [-0.3, -0.25) is 4.79 Å². The minimum atomic E-state index is -0.481. The summed E-state index contributed by atoms with van der Waals surface area (Å²) in [5.74, 6) is 0.0272. The topological polar surface area (TPSA) is 78.9 Å². The number of benzene rings is 1. The Bertz CT molecular complexity index is 461. The molecule has 0 fully saturated rings. The summed E-state index contributed by atoms with van der Waals surface area (Å²) in [6, 6.07) is 8.65. The molecule has 3 N–H and O–H groups in total. The van der Waals surface area contributed by atoms with Crippen molar-refractivity contribution in [2.45, 2.75) is 39.3 Å². The Kier molecular flexibility index (Phi) is 5.53. The van der Waals surface area contributed by atoms with Crippen LogP contribution < -0.4 is 11.1 Å². The van der Waals surface area contributed by atoms with Crippen LogP contribution in [0.1, 0.15) is 44.4 Å². The lowest BCUT2D eigenvalue weighted by Crippen LogP contribution is -2.45. The molecule has 0 aliphatic rings. The minimum Gasteiger partial charge on any atom is -0.348 e. The van der Waals surface area contributed by atoms with E-state index in [0.29, 0.717) is 5.56 Å². The third kappa shape index (κ3) is 4.08. The van der Waals surface area contributed by atoms with E-state index in [9.17, 15) is 4.79 Å². The molecule has 2 unspecified atom stereocenters. The van der Waals surface area contributed by atoms with Crippen LogP contribution in [0.25, 0.3) is 0 Å². The van der Waals surface area contributed by atoms with E-state index in [4.69, 9.17) is 11.0 Å². The molecule has 0 aliphatic heterocycles. The van der Waals surface area contributed by atoms with E-state index in [1.807, 2.05) is 32.9 Å². The molecular formula is C15H21N3O. The van der Waals surface area contributed by atoms with Crippen LogP contribution in [0.2, 0.25) is 0 Å². The molecule has 19 heavy (non-hydrogen) atoms. The van der Waals surface area contributed by atoms with Crippen molar-refractivity contribution in [3.8, 4) is 6.07 Å². The van der Waals surface area contributed by atoms with Gasteiger partial charge in [-0.1, -0.05) is 32.4 Å². The van der Waals surface area contributed by atoms with Gasteiger partial charge in [-0.15, -0.1) is 0 Å². The Hall–Kier alpha value is -1.86. The molecule has 0 saturated carbocycles. The van der Waals surface area contributed by atoms with E-state index in [0.717, 1.165) is 12.0 Å². The highest BCUT2D eigenvalue weighted by atomic mass is 16.2. The molecule has 4 heteroatoms. The first-order chi connectivity index (χ1) is 8.99.